The number of nitrogens with zero attached hydrogens (tertiary/aromatic N) is 1. The van der Waals surface area contributed by atoms with E-state index in [0.29, 0.717) is 23.5 Å². The number of carbonyl (C=O) groups is 2. The average Bonchev–Trinajstić information content (AvgIpc) is 3.02. The van der Waals surface area contributed by atoms with Crippen molar-refractivity contribution >= 4 is 22.7 Å². The Morgan fingerprint density at radius 3 is 2.52 bits per heavy atom. The second-order valence-corrected chi connectivity index (χ2v) is 7.86. The molecule has 2 aromatic carbocycles. The Morgan fingerprint density at radius 1 is 1.00 bits per heavy atom. The van der Waals surface area contributed by atoms with Crippen LogP contribution in [0.4, 0.5) is 0 Å². The molecule has 160 valence electrons. The molecule has 5 nitrogen and oxygen atoms in total. The van der Waals surface area contributed by atoms with Crippen molar-refractivity contribution in [1.29, 1.82) is 0 Å². The Balaban J connectivity index is 1.62. The number of aryl methyl sites for hydroxylation is 1. The molecule has 3 aromatic rings. The van der Waals surface area contributed by atoms with Crippen LogP contribution in [0.2, 0.25) is 0 Å². The number of benzene rings is 2. The number of pyridine rings is 1. The van der Waals surface area contributed by atoms with Crippen molar-refractivity contribution in [3.63, 3.8) is 0 Å². The summed E-state index contributed by atoms with van der Waals surface area (Å²) in [5, 5.41) is 0.786. The van der Waals surface area contributed by atoms with Crippen LogP contribution in [-0.2, 0) is 17.6 Å². The van der Waals surface area contributed by atoms with Crippen LogP contribution in [0.5, 0.6) is 5.75 Å². The lowest BCUT2D eigenvalue weighted by molar-refractivity contribution is 0.0319. The van der Waals surface area contributed by atoms with Gasteiger partial charge in [-0.2, -0.15) is 0 Å². The number of aromatic nitrogens is 1. The van der Waals surface area contributed by atoms with Crippen molar-refractivity contribution in [3.8, 4) is 5.75 Å². The molecule has 1 aromatic heterocycles. The third-order valence-electron chi connectivity index (χ3n) is 5.73. The molecule has 0 spiro atoms. The van der Waals surface area contributed by atoms with E-state index in [1.165, 1.54) is 0 Å². The first kappa shape index (κ1) is 21.0. The predicted octanol–water partition coefficient (Wildman–Crippen LogP) is 5.33. The molecule has 5 heteroatoms. The minimum absolute atomic E-state index is 0.235. The highest BCUT2D eigenvalue weighted by atomic mass is 16.5. The largest absolute Gasteiger partial charge is 0.494 e. The highest BCUT2D eigenvalue weighted by Crippen LogP contribution is 2.29. The average molecular weight is 418 g/mol. The van der Waals surface area contributed by atoms with Gasteiger partial charge in [-0.25, -0.2) is 4.79 Å². The predicted molar refractivity (Wildman–Crippen MR) is 120 cm³/mol. The van der Waals surface area contributed by atoms with E-state index >= 15 is 0 Å². The fourth-order valence-corrected chi connectivity index (χ4v) is 4.17. The lowest BCUT2D eigenvalue weighted by Gasteiger charge is -2.17. The first-order chi connectivity index (χ1) is 15.1. The molecule has 0 fully saturated rings. The van der Waals surface area contributed by atoms with Crippen LogP contribution < -0.4 is 4.74 Å². The molecule has 1 aliphatic rings. The van der Waals surface area contributed by atoms with Gasteiger partial charge in [0.25, 0.3) is 0 Å². The Hall–Kier alpha value is -3.21. The van der Waals surface area contributed by atoms with Crippen LogP contribution in [0.1, 0.15) is 65.1 Å². The van der Waals surface area contributed by atoms with Crippen molar-refractivity contribution in [2.45, 2.75) is 52.1 Å². The number of carbonyl (C=O) groups excluding carboxylic acids is 2. The molecule has 0 amide bonds. The summed E-state index contributed by atoms with van der Waals surface area (Å²) in [6.45, 7) is 4.09. The molecular formula is C26H27NO4. The Kier molecular flexibility index (Phi) is 6.31. The van der Waals surface area contributed by atoms with Crippen LogP contribution in [0.15, 0.2) is 48.5 Å². The summed E-state index contributed by atoms with van der Waals surface area (Å²) >= 11 is 0. The molecule has 4 rings (SSSR count). The van der Waals surface area contributed by atoms with Gasteiger partial charge in [0, 0.05) is 16.6 Å². The lowest BCUT2D eigenvalue weighted by atomic mass is 9.97. The van der Waals surface area contributed by atoms with Crippen molar-refractivity contribution in [1.82, 2.24) is 4.98 Å². The van der Waals surface area contributed by atoms with Crippen LogP contribution in [0, 0.1) is 0 Å². The van der Waals surface area contributed by atoms with Crippen molar-refractivity contribution in [2.24, 2.45) is 0 Å². The molecule has 31 heavy (non-hydrogen) atoms. The van der Waals surface area contributed by atoms with E-state index in [1.807, 2.05) is 31.2 Å². The molecule has 1 heterocycles. The number of ether oxygens (including phenoxy) is 2. The summed E-state index contributed by atoms with van der Waals surface area (Å²) in [6, 6.07) is 14.6. The zero-order valence-corrected chi connectivity index (χ0v) is 18.0. The molecule has 1 aliphatic carbocycles. The molecule has 0 unspecified atom stereocenters. The fourth-order valence-electron chi connectivity index (χ4n) is 4.17. The van der Waals surface area contributed by atoms with E-state index < -0.39 is 12.1 Å². The number of Topliss-reactive ketones (excluding diaryl/α,β-unsaturated/α-hetero) is 1. The summed E-state index contributed by atoms with van der Waals surface area (Å²) in [4.78, 5) is 31.0. The van der Waals surface area contributed by atoms with Crippen molar-refractivity contribution in [2.75, 3.05) is 6.61 Å². The van der Waals surface area contributed by atoms with E-state index in [-0.39, 0.29) is 5.78 Å². The van der Waals surface area contributed by atoms with Gasteiger partial charge in [-0.15, -0.1) is 0 Å². The maximum Gasteiger partial charge on any atom is 0.339 e. The van der Waals surface area contributed by atoms with Gasteiger partial charge >= 0.3 is 5.97 Å². The molecule has 0 aliphatic heterocycles. The maximum absolute atomic E-state index is 13.3. The minimum atomic E-state index is -0.890. The van der Waals surface area contributed by atoms with E-state index in [9.17, 15) is 9.59 Å². The topological polar surface area (TPSA) is 65.5 Å². The summed E-state index contributed by atoms with van der Waals surface area (Å²) in [7, 11) is 0. The second kappa shape index (κ2) is 9.29. The van der Waals surface area contributed by atoms with Crippen LogP contribution in [0.25, 0.3) is 10.9 Å². The van der Waals surface area contributed by atoms with Crippen molar-refractivity contribution in [3.05, 3.63) is 70.9 Å². The first-order valence-electron chi connectivity index (χ1n) is 11.0. The smallest absolute Gasteiger partial charge is 0.339 e. The normalized spacial score (nSPS) is 14.4. The third kappa shape index (κ3) is 4.46. The molecular weight excluding hydrogens is 390 g/mol. The van der Waals surface area contributed by atoms with Gasteiger partial charge in [0.2, 0.25) is 5.78 Å². The number of hydrogen-bond donors (Lipinski definition) is 0. The quantitative estimate of drug-likeness (QED) is 0.308. The molecule has 0 N–H and O–H groups in total. The lowest BCUT2D eigenvalue weighted by Crippen LogP contribution is -2.25. The Morgan fingerprint density at radius 2 is 1.74 bits per heavy atom. The summed E-state index contributed by atoms with van der Waals surface area (Å²) < 4.78 is 11.1. The molecule has 0 saturated heterocycles. The van der Waals surface area contributed by atoms with Gasteiger partial charge in [-0.05, 0) is 75.4 Å². The standard InChI is InChI=1S/C26H27NO4/c1-3-30-19-15-13-18(14-16-19)25(28)17(2)31-26(29)24-20-9-5-4-6-11-22(20)27-23-12-8-7-10-21(23)24/h7-8,10,12-17H,3-6,9,11H2,1-2H3/t17-/m0/s1. The highest BCUT2D eigenvalue weighted by molar-refractivity contribution is 6.07. The number of esters is 1. The number of para-hydroxylation sites is 1. The first-order valence-corrected chi connectivity index (χ1v) is 11.0. The Bertz CT molecular complexity index is 1100. The number of ketones is 1. The number of rotatable bonds is 6. The molecule has 0 saturated carbocycles. The van der Waals surface area contributed by atoms with Crippen LogP contribution in [0.3, 0.4) is 0 Å². The van der Waals surface area contributed by atoms with E-state index in [4.69, 9.17) is 14.5 Å². The third-order valence-corrected chi connectivity index (χ3v) is 5.73. The van der Waals surface area contributed by atoms with E-state index in [1.54, 1.807) is 31.2 Å². The summed E-state index contributed by atoms with van der Waals surface area (Å²) in [5.74, 6) is 0.0130. The molecule has 0 bridgehead atoms. The van der Waals surface area contributed by atoms with Gasteiger partial charge < -0.3 is 9.47 Å². The second-order valence-electron chi connectivity index (χ2n) is 7.86. The zero-order valence-electron chi connectivity index (χ0n) is 18.0. The monoisotopic (exact) mass is 417 g/mol. The maximum atomic E-state index is 13.3. The highest BCUT2D eigenvalue weighted by Gasteiger charge is 2.26. The number of fused-ring (bicyclic) bond motifs is 2. The van der Waals surface area contributed by atoms with Crippen LogP contribution >= 0.6 is 0 Å². The summed E-state index contributed by atoms with van der Waals surface area (Å²) in [6.07, 6.45) is 3.99. The Labute approximate surface area is 182 Å². The van der Waals surface area contributed by atoms with Gasteiger partial charge in [0.05, 0.1) is 17.7 Å². The van der Waals surface area contributed by atoms with Crippen LogP contribution in [-0.4, -0.2) is 29.4 Å². The molecule has 0 radical (unpaired) electrons. The van der Waals surface area contributed by atoms with Gasteiger partial charge in [-0.1, -0.05) is 24.6 Å². The van der Waals surface area contributed by atoms with Crippen molar-refractivity contribution < 1.29 is 19.1 Å². The van der Waals surface area contributed by atoms with E-state index in [0.717, 1.165) is 54.3 Å². The van der Waals surface area contributed by atoms with Gasteiger partial charge in [0.1, 0.15) is 5.75 Å². The molecule has 1 atom stereocenters. The number of hydrogen-bond acceptors (Lipinski definition) is 5. The van der Waals surface area contributed by atoms with E-state index in [2.05, 4.69) is 0 Å². The minimum Gasteiger partial charge on any atom is -0.494 e. The zero-order chi connectivity index (χ0) is 21.8. The fraction of sp³-hybridized carbons (Fsp3) is 0.346. The summed E-state index contributed by atoms with van der Waals surface area (Å²) in [5.41, 5.74) is 3.80. The van der Waals surface area contributed by atoms with Gasteiger partial charge in [-0.3, -0.25) is 9.78 Å². The van der Waals surface area contributed by atoms with Gasteiger partial charge in [0.15, 0.2) is 6.10 Å². The SMILES string of the molecule is CCOc1ccc(C(=O)[C@H](C)OC(=O)c2c3c(nc4ccccc24)CCCCC3)cc1.